The number of ketones is 1. The Balaban J connectivity index is 2.84. The topological polar surface area (TPSA) is 80.3 Å². The number of benzene rings is 1. The fourth-order valence-corrected chi connectivity index (χ4v) is 1.36. The molecule has 0 fully saturated rings. The van der Waals surface area contributed by atoms with Crippen LogP contribution in [0.2, 0.25) is 0 Å². The number of hydrogen-bond acceptors (Lipinski definition) is 4. The van der Waals surface area contributed by atoms with Crippen molar-refractivity contribution in [2.24, 2.45) is 0 Å². The molecule has 1 amide bonds. The SMILES string of the molecule is CS(=O)(=O)NC(=O)C(=O)c1ccccc1. The molecule has 6 heteroatoms. The number of carbonyl (C=O) groups excluding carboxylic acids is 2. The number of sulfonamides is 1. The molecule has 0 saturated carbocycles. The molecule has 0 aromatic heterocycles. The van der Waals surface area contributed by atoms with Crippen molar-refractivity contribution >= 4 is 21.7 Å². The van der Waals surface area contributed by atoms with Gasteiger partial charge < -0.3 is 0 Å². The first kappa shape index (κ1) is 11.4. The molecule has 0 heterocycles. The highest BCUT2D eigenvalue weighted by molar-refractivity contribution is 7.89. The average molecular weight is 227 g/mol. The Labute approximate surface area is 87.2 Å². The molecule has 1 aromatic rings. The molecule has 0 atom stereocenters. The van der Waals surface area contributed by atoms with E-state index < -0.39 is 21.7 Å². The van der Waals surface area contributed by atoms with Crippen molar-refractivity contribution in [2.75, 3.05) is 6.26 Å². The van der Waals surface area contributed by atoms with Gasteiger partial charge in [-0.05, 0) is 0 Å². The molecular formula is C9H9NO4S. The molecule has 0 aliphatic heterocycles. The van der Waals surface area contributed by atoms with E-state index in [4.69, 9.17) is 0 Å². The van der Waals surface area contributed by atoms with Crippen LogP contribution in [0.1, 0.15) is 10.4 Å². The summed E-state index contributed by atoms with van der Waals surface area (Å²) >= 11 is 0. The van der Waals surface area contributed by atoms with E-state index in [1.165, 1.54) is 12.1 Å². The fourth-order valence-electron chi connectivity index (χ4n) is 0.935. The van der Waals surface area contributed by atoms with Gasteiger partial charge in [-0.1, -0.05) is 30.3 Å². The third-order valence-corrected chi connectivity index (χ3v) is 2.08. The van der Waals surface area contributed by atoms with Crippen LogP contribution in [0.15, 0.2) is 30.3 Å². The molecule has 1 N–H and O–H groups in total. The van der Waals surface area contributed by atoms with Crippen molar-refractivity contribution in [3.05, 3.63) is 35.9 Å². The highest BCUT2D eigenvalue weighted by Crippen LogP contribution is 1.99. The first-order valence-electron chi connectivity index (χ1n) is 4.01. The molecule has 0 bridgehead atoms. The van der Waals surface area contributed by atoms with E-state index in [1.807, 2.05) is 0 Å². The molecule has 0 spiro atoms. The second-order valence-corrected chi connectivity index (χ2v) is 4.65. The van der Waals surface area contributed by atoms with Crippen LogP contribution in [-0.2, 0) is 14.8 Å². The second kappa shape index (κ2) is 4.22. The van der Waals surface area contributed by atoms with Crippen molar-refractivity contribution in [2.45, 2.75) is 0 Å². The van der Waals surface area contributed by atoms with Gasteiger partial charge in [0.15, 0.2) is 0 Å². The van der Waals surface area contributed by atoms with Crippen LogP contribution in [0.25, 0.3) is 0 Å². The summed E-state index contributed by atoms with van der Waals surface area (Å²) in [5, 5.41) is 0. The summed E-state index contributed by atoms with van der Waals surface area (Å²) in [6, 6.07) is 7.72. The predicted octanol–water partition coefficient (Wildman–Crippen LogP) is -0.0549. The number of rotatable bonds is 3. The van der Waals surface area contributed by atoms with Gasteiger partial charge in [0.2, 0.25) is 10.0 Å². The smallest absolute Gasteiger partial charge is 0.283 e. The molecule has 1 aromatic carbocycles. The van der Waals surface area contributed by atoms with Gasteiger partial charge in [0, 0.05) is 5.56 Å². The minimum Gasteiger partial charge on any atom is -0.283 e. The van der Waals surface area contributed by atoms with E-state index >= 15 is 0 Å². The Bertz CT molecular complexity index is 478. The van der Waals surface area contributed by atoms with Crippen LogP contribution in [0.4, 0.5) is 0 Å². The Morgan fingerprint density at radius 1 is 1.13 bits per heavy atom. The third kappa shape index (κ3) is 3.51. The standard InChI is InChI=1S/C9H9NO4S/c1-15(13,14)10-9(12)8(11)7-5-3-2-4-6-7/h2-6H,1H3,(H,10,12). The molecule has 0 aliphatic carbocycles. The number of amides is 1. The van der Waals surface area contributed by atoms with Crippen LogP contribution >= 0.6 is 0 Å². The number of hydrogen-bond donors (Lipinski definition) is 1. The molecule has 80 valence electrons. The zero-order valence-corrected chi connectivity index (χ0v) is 8.74. The maximum atomic E-state index is 11.3. The van der Waals surface area contributed by atoms with Crippen molar-refractivity contribution in [3.63, 3.8) is 0 Å². The van der Waals surface area contributed by atoms with Gasteiger partial charge in [0.1, 0.15) is 0 Å². The summed E-state index contributed by atoms with van der Waals surface area (Å²) in [4.78, 5) is 22.5. The molecule has 15 heavy (non-hydrogen) atoms. The Morgan fingerprint density at radius 2 is 1.67 bits per heavy atom. The Morgan fingerprint density at radius 3 is 2.13 bits per heavy atom. The van der Waals surface area contributed by atoms with Crippen molar-refractivity contribution in [1.29, 1.82) is 0 Å². The Kier molecular flexibility index (Phi) is 3.21. The van der Waals surface area contributed by atoms with Crippen molar-refractivity contribution < 1.29 is 18.0 Å². The highest BCUT2D eigenvalue weighted by Gasteiger charge is 2.18. The predicted molar refractivity (Wildman–Crippen MR) is 53.8 cm³/mol. The normalized spacial score (nSPS) is 10.7. The lowest BCUT2D eigenvalue weighted by Gasteiger charge is -2.01. The van der Waals surface area contributed by atoms with Gasteiger partial charge in [0.25, 0.3) is 5.78 Å². The van der Waals surface area contributed by atoms with Crippen LogP contribution in [0, 0.1) is 0 Å². The maximum absolute atomic E-state index is 11.3. The van der Waals surface area contributed by atoms with Crippen molar-refractivity contribution in [1.82, 2.24) is 4.72 Å². The molecule has 0 radical (unpaired) electrons. The quantitative estimate of drug-likeness (QED) is 0.579. The van der Waals surface area contributed by atoms with E-state index in [2.05, 4.69) is 0 Å². The first-order valence-corrected chi connectivity index (χ1v) is 5.91. The molecule has 1 rings (SSSR count). The lowest BCUT2D eigenvalue weighted by atomic mass is 10.1. The monoisotopic (exact) mass is 227 g/mol. The van der Waals surface area contributed by atoms with Gasteiger partial charge in [-0.25, -0.2) is 13.1 Å². The van der Waals surface area contributed by atoms with E-state index in [0.717, 1.165) is 6.26 Å². The van der Waals surface area contributed by atoms with E-state index in [0.29, 0.717) is 0 Å². The minimum atomic E-state index is -3.70. The minimum absolute atomic E-state index is 0.152. The number of nitrogens with one attached hydrogen (secondary N) is 1. The van der Waals surface area contributed by atoms with E-state index in [-0.39, 0.29) is 5.56 Å². The van der Waals surface area contributed by atoms with E-state index in [1.54, 1.807) is 22.9 Å². The summed E-state index contributed by atoms with van der Waals surface area (Å²) in [5.41, 5.74) is 0.152. The van der Waals surface area contributed by atoms with Gasteiger partial charge in [-0.3, -0.25) is 9.59 Å². The zero-order chi connectivity index (χ0) is 11.5. The van der Waals surface area contributed by atoms with Crippen molar-refractivity contribution in [3.8, 4) is 0 Å². The van der Waals surface area contributed by atoms with Gasteiger partial charge in [0.05, 0.1) is 6.26 Å². The van der Waals surface area contributed by atoms with Gasteiger partial charge in [-0.15, -0.1) is 0 Å². The second-order valence-electron chi connectivity index (χ2n) is 2.90. The zero-order valence-electron chi connectivity index (χ0n) is 7.93. The lowest BCUT2D eigenvalue weighted by molar-refractivity contribution is -0.115. The largest absolute Gasteiger partial charge is 0.305 e. The summed E-state index contributed by atoms with van der Waals surface area (Å²) in [7, 11) is -3.70. The van der Waals surface area contributed by atoms with Crippen LogP contribution in [-0.4, -0.2) is 26.4 Å². The molecular weight excluding hydrogens is 218 g/mol. The van der Waals surface area contributed by atoms with Crippen LogP contribution < -0.4 is 4.72 Å². The lowest BCUT2D eigenvalue weighted by Crippen LogP contribution is -2.35. The van der Waals surface area contributed by atoms with Gasteiger partial charge >= 0.3 is 5.91 Å². The summed E-state index contributed by atoms with van der Waals surface area (Å²) in [6.07, 6.45) is 0.809. The third-order valence-electron chi connectivity index (χ3n) is 1.52. The molecule has 0 unspecified atom stereocenters. The molecule has 0 aliphatic rings. The summed E-state index contributed by atoms with van der Waals surface area (Å²) in [6.45, 7) is 0. The van der Waals surface area contributed by atoms with Crippen LogP contribution in [0.3, 0.4) is 0 Å². The fraction of sp³-hybridized carbons (Fsp3) is 0.111. The van der Waals surface area contributed by atoms with E-state index in [9.17, 15) is 18.0 Å². The Hall–Kier alpha value is -1.69. The molecule has 0 saturated heterocycles. The molecule has 5 nitrogen and oxygen atoms in total. The summed E-state index contributed by atoms with van der Waals surface area (Å²) < 4.78 is 23.0. The first-order chi connectivity index (χ1) is 6.90. The summed E-state index contributed by atoms with van der Waals surface area (Å²) in [5.74, 6) is -2.02. The average Bonchev–Trinajstić information content (AvgIpc) is 2.15. The highest BCUT2D eigenvalue weighted by atomic mass is 32.2. The number of Topliss-reactive ketones (excluding diaryl/α,β-unsaturated/α-hetero) is 1. The van der Waals surface area contributed by atoms with Gasteiger partial charge in [-0.2, -0.15) is 0 Å². The maximum Gasteiger partial charge on any atom is 0.305 e. The number of carbonyl (C=O) groups is 2. The van der Waals surface area contributed by atoms with Crippen LogP contribution in [0.5, 0.6) is 0 Å².